The van der Waals surface area contributed by atoms with E-state index in [-0.39, 0.29) is 43.6 Å². The highest BCUT2D eigenvalue weighted by atomic mass is 28.4. The first kappa shape index (κ1) is 25.3. The molecule has 0 bridgehead atoms. The highest BCUT2D eigenvalue weighted by Gasteiger charge is 2.66. The van der Waals surface area contributed by atoms with Crippen molar-refractivity contribution in [2.45, 2.75) is 62.9 Å². The molecule has 1 saturated heterocycles. The number of rotatable bonds is 9. The number of nitro groups is 1. The van der Waals surface area contributed by atoms with E-state index < -0.39 is 36.5 Å². The maximum Gasteiger partial charge on any atom is 0.305 e. The van der Waals surface area contributed by atoms with Crippen LogP contribution in [0.4, 0.5) is 15.5 Å². The number of carbonyl (C=O) groups is 2. The van der Waals surface area contributed by atoms with Gasteiger partial charge in [0, 0.05) is 48.7 Å². The number of fused-ring (bicyclic) bond motifs is 2. The molecule has 11 heteroatoms. The van der Waals surface area contributed by atoms with Gasteiger partial charge in [0.1, 0.15) is 0 Å². The molecule has 1 amide bonds. The highest BCUT2D eigenvalue weighted by molar-refractivity contribution is 6.72. The zero-order chi connectivity index (χ0) is 24.6. The van der Waals surface area contributed by atoms with Crippen molar-refractivity contribution in [3.05, 3.63) is 33.9 Å². The molecule has 0 aliphatic carbocycles. The summed E-state index contributed by atoms with van der Waals surface area (Å²) in [7, 11) is -2.02. The number of methoxy groups -OCH3 is 1. The van der Waals surface area contributed by atoms with E-state index in [2.05, 4.69) is 4.74 Å². The molecular formula is C22H31FN2O7Si. The fourth-order valence-electron chi connectivity index (χ4n) is 5.41. The number of halogens is 1. The summed E-state index contributed by atoms with van der Waals surface area (Å²) in [6, 6.07) is 4.22. The number of esters is 1. The monoisotopic (exact) mass is 482 g/mol. The summed E-state index contributed by atoms with van der Waals surface area (Å²) in [5.74, 6) is -1.30. The normalized spacial score (nSPS) is 26.7. The van der Waals surface area contributed by atoms with Crippen LogP contribution in [0, 0.1) is 16.0 Å². The molecule has 2 heterocycles. The highest BCUT2D eigenvalue weighted by Crippen LogP contribution is 2.60. The van der Waals surface area contributed by atoms with Gasteiger partial charge in [-0.25, -0.2) is 0 Å². The van der Waals surface area contributed by atoms with E-state index in [4.69, 9.17) is 4.74 Å². The van der Waals surface area contributed by atoms with Crippen molar-refractivity contribution >= 4 is 31.7 Å². The standard InChI is InChI=1S/C22H31FN2O7Si/c1-14-20(33(3,4)23)18(10-12-26)32-22(14)16-13-15(25(29)30)8-9-17(16)24(21(22)28)11-6-5-7-19(27)31-2/h8-9,13-14,18,20,26H,5-7,10-12H2,1-4H3/t14-,18+,20-,22+/m1/s1. The number of carbonyl (C=O) groups excluding carboxylic acids is 2. The first-order valence-electron chi connectivity index (χ1n) is 11.1. The van der Waals surface area contributed by atoms with Crippen molar-refractivity contribution in [1.82, 2.24) is 0 Å². The number of ether oxygens (including phenoxy) is 2. The van der Waals surface area contributed by atoms with Gasteiger partial charge in [0.05, 0.1) is 23.8 Å². The lowest BCUT2D eigenvalue weighted by Gasteiger charge is -2.31. The molecule has 0 radical (unpaired) electrons. The number of hydrogen-bond donors (Lipinski definition) is 1. The molecule has 0 saturated carbocycles. The van der Waals surface area contributed by atoms with Crippen molar-refractivity contribution in [2.24, 2.45) is 5.92 Å². The van der Waals surface area contributed by atoms with E-state index in [1.165, 1.54) is 30.2 Å². The van der Waals surface area contributed by atoms with E-state index >= 15 is 4.11 Å². The number of hydrogen-bond acceptors (Lipinski definition) is 7. The molecule has 0 aromatic heterocycles. The van der Waals surface area contributed by atoms with Gasteiger partial charge in [0.15, 0.2) is 5.60 Å². The van der Waals surface area contributed by atoms with Gasteiger partial charge in [-0.2, -0.15) is 0 Å². The molecule has 2 aliphatic rings. The van der Waals surface area contributed by atoms with Crippen LogP contribution in [-0.4, -0.2) is 56.7 Å². The van der Waals surface area contributed by atoms with Crippen LogP contribution in [0.15, 0.2) is 18.2 Å². The molecule has 33 heavy (non-hydrogen) atoms. The summed E-state index contributed by atoms with van der Waals surface area (Å²) in [4.78, 5) is 37.7. The van der Waals surface area contributed by atoms with Gasteiger partial charge >= 0.3 is 5.97 Å². The third kappa shape index (κ3) is 4.41. The van der Waals surface area contributed by atoms with Crippen LogP contribution < -0.4 is 4.90 Å². The first-order chi connectivity index (χ1) is 15.5. The number of aliphatic hydroxyl groups excluding tert-OH is 1. The number of benzene rings is 1. The second kappa shape index (κ2) is 9.47. The largest absolute Gasteiger partial charge is 0.469 e. The van der Waals surface area contributed by atoms with Gasteiger partial charge in [-0.1, -0.05) is 6.92 Å². The quantitative estimate of drug-likeness (QED) is 0.143. The van der Waals surface area contributed by atoms with E-state index in [1.807, 2.05) is 0 Å². The van der Waals surface area contributed by atoms with Crippen LogP contribution in [0.3, 0.4) is 0 Å². The van der Waals surface area contributed by atoms with Gasteiger partial charge < -0.3 is 23.6 Å². The topological polar surface area (TPSA) is 119 Å². The van der Waals surface area contributed by atoms with Crippen LogP contribution in [0.5, 0.6) is 0 Å². The fraction of sp³-hybridized carbons (Fsp3) is 0.636. The number of non-ortho nitro benzene ring substituents is 1. The number of amides is 1. The minimum Gasteiger partial charge on any atom is -0.469 e. The Labute approximate surface area is 193 Å². The molecule has 1 spiro atoms. The van der Waals surface area contributed by atoms with E-state index in [0.29, 0.717) is 24.1 Å². The van der Waals surface area contributed by atoms with Gasteiger partial charge in [-0.3, -0.25) is 19.7 Å². The van der Waals surface area contributed by atoms with Gasteiger partial charge in [-0.05, 0) is 38.4 Å². The second-order valence-electron chi connectivity index (χ2n) is 9.23. The van der Waals surface area contributed by atoms with Crippen LogP contribution in [0.2, 0.25) is 18.6 Å². The zero-order valence-corrected chi connectivity index (χ0v) is 20.4. The Bertz CT molecular complexity index is 938. The summed E-state index contributed by atoms with van der Waals surface area (Å²) < 4.78 is 26.4. The SMILES string of the molecule is COC(=O)CCCCN1C(=O)[C@@]2(O[C@@H](CCO)[C@H]([Si](C)(C)F)[C@H]2C)c2cc([N+](=O)[O-])ccc21. The average molecular weight is 483 g/mol. The molecule has 0 unspecified atom stereocenters. The Morgan fingerprint density at radius 2 is 2.09 bits per heavy atom. The second-order valence-corrected chi connectivity index (χ2v) is 13.0. The van der Waals surface area contributed by atoms with Gasteiger partial charge in [0.25, 0.3) is 11.6 Å². The van der Waals surface area contributed by atoms with Crippen molar-refractivity contribution in [2.75, 3.05) is 25.2 Å². The lowest BCUT2D eigenvalue weighted by atomic mass is 9.82. The minimum absolute atomic E-state index is 0.174. The smallest absolute Gasteiger partial charge is 0.305 e. The molecule has 2 aliphatic heterocycles. The molecule has 1 N–H and O–H groups in total. The molecule has 1 aromatic rings. The lowest BCUT2D eigenvalue weighted by molar-refractivity contribution is -0.385. The third-order valence-corrected chi connectivity index (χ3v) is 9.27. The van der Waals surface area contributed by atoms with Crippen LogP contribution in [-0.2, 0) is 24.7 Å². The van der Waals surface area contributed by atoms with Gasteiger partial charge in [-0.15, -0.1) is 0 Å². The molecule has 182 valence electrons. The summed E-state index contributed by atoms with van der Waals surface area (Å²) in [5, 5.41) is 21.0. The summed E-state index contributed by atoms with van der Waals surface area (Å²) in [6.45, 7) is 4.93. The maximum atomic E-state index is 15.4. The molecule has 4 atom stereocenters. The van der Waals surface area contributed by atoms with E-state index in [9.17, 15) is 24.8 Å². The lowest BCUT2D eigenvalue weighted by Crippen LogP contribution is -2.45. The van der Waals surface area contributed by atoms with Crippen molar-refractivity contribution < 1.29 is 33.2 Å². The molecule has 1 fully saturated rings. The number of anilines is 1. The molecule has 1 aromatic carbocycles. The van der Waals surface area contributed by atoms with Crippen LogP contribution in [0.1, 0.15) is 38.2 Å². The third-order valence-electron chi connectivity index (χ3n) is 6.81. The number of nitro benzene ring substituents is 1. The number of unbranched alkanes of at least 4 members (excludes halogenated alkanes) is 1. The Morgan fingerprint density at radius 1 is 1.39 bits per heavy atom. The number of nitrogens with zero attached hydrogens (tertiary/aromatic N) is 2. The summed E-state index contributed by atoms with van der Waals surface area (Å²) in [6.07, 6.45) is 0.725. The fourth-order valence-corrected chi connectivity index (χ4v) is 7.95. The molecular weight excluding hydrogens is 451 g/mol. The van der Waals surface area contributed by atoms with Crippen molar-refractivity contribution in [3.8, 4) is 0 Å². The summed E-state index contributed by atoms with van der Waals surface area (Å²) >= 11 is 0. The first-order valence-corrected chi connectivity index (χ1v) is 14.1. The zero-order valence-electron chi connectivity index (χ0n) is 19.4. The van der Waals surface area contributed by atoms with Crippen LogP contribution >= 0.6 is 0 Å². The predicted molar refractivity (Wildman–Crippen MR) is 121 cm³/mol. The minimum atomic E-state index is -3.33. The van der Waals surface area contributed by atoms with Crippen LogP contribution in [0.25, 0.3) is 0 Å². The van der Waals surface area contributed by atoms with Crippen molar-refractivity contribution in [3.63, 3.8) is 0 Å². The molecule has 9 nitrogen and oxygen atoms in total. The van der Waals surface area contributed by atoms with Crippen molar-refractivity contribution in [1.29, 1.82) is 0 Å². The Kier molecular flexibility index (Phi) is 7.25. The van der Waals surface area contributed by atoms with Gasteiger partial charge in [0.2, 0.25) is 8.41 Å². The average Bonchev–Trinajstić information content (AvgIpc) is 3.17. The Balaban J connectivity index is 2.03. The van der Waals surface area contributed by atoms with E-state index in [1.54, 1.807) is 20.0 Å². The Morgan fingerprint density at radius 3 is 2.67 bits per heavy atom. The number of aliphatic hydroxyl groups is 1. The predicted octanol–water partition coefficient (Wildman–Crippen LogP) is 3.44. The molecule has 3 rings (SSSR count). The maximum absolute atomic E-state index is 15.4. The Hall–Kier alpha value is -2.37. The van der Waals surface area contributed by atoms with E-state index in [0.717, 1.165) is 0 Å². The summed E-state index contributed by atoms with van der Waals surface area (Å²) in [5.41, 5.74) is -1.43.